The Morgan fingerprint density at radius 2 is 1.39 bits per heavy atom. The van der Waals surface area contributed by atoms with Gasteiger partial charge in [0.15, 0.2) is 5.96 Å². The van der Waals surface area contributed by atoms with Crippen LogP contribution in [0.1, 0.15) is 79.1 Å². The second-order valence-electron chi connectivity index (χ2n) is 12.7. The van der Waals surface area contributed by atoms with E-state index in [9.17, 15) is 39.0 Å². The predicted molar refractivity (Wildman–Crippen MR) is 183 cm³/mol. The lowest BCUT2D eigenvalue weighted by Gasteiger charge is -2.29. The zero-order valence-corrected chi connectivity index (χ0v) is 29.1. The van der Waals surface area contributed by atoms with E-state index in [-0.39, 0.29) is 37.7 Å². The molecule has 280 valence electrons. The number of guanidine groups is 1. The maximum Gasteiger partial charge on any atom is 0.326 e. The minimum atomic E-state index is -1.49. The second-order valence-corrected chi connectivity index (χ2v) is 12.7. The molecule has 0 unspecified atom stereocenters. The van der Waals surface area contributed by atoms with Crippen LogP contribution in [-0.2, 0) is 28.8 Å². The van der Waals surface area contributed by atoms with Gasteiger partial charge in [0.05, 0.1) is 12.6 Å². The first kappa shape index (κ1) is 43.0. The van der Waals surface area contributed by atoms with Crippen molar-refractivity contribution in [3.8, 4) is 0 Å². The molecule has 0 bridgehead atoms. The van der Waals surface area contributed by atoms with Crippen molar-refractivity contribution in [3.63, 3.8) is 0 Å². The number of carbonyl (C=O) groups is 6. The van der Waals surface area contributed by atoms with E-state index >= 15 is 0 Å². The van der Waals surface area contributed by atoms with Gasteiger partial charge in [-0.3, -0.25) is 29.0 Å². The van der Waals surface area contributed by atoms with Gasteiger partial charge < -0.3 is 59.3 Å². The number of aliphatic hydroxyl groups is 1. The summed E-state index contributed by atoms with van der Waals surface area (Å²) in [4.78, 5) is 81.9. The Morgan fingerprint density at radius 3 is 1.92 bits per heavy atom. The number of amides is 5. The highest BCUT2D eigenvalue weighted by Gasteiger charge is 2.35. The third kappa shape index (κ3) is 15.4. The first-order valence-electron chi connectivity index (χ1n) is 17.0. The number of unbranched alkanes of at least 4 members (excludes halogenated alkanes) is 1. The highest BCUT2D eigenvalue weighted by molar-refractivity contribution is 5.96. The van der Waals surface area contributed by atoms with Crippen LogP contribution in [0.25, 0.3) is 0 Å². The van der Waals surface area contributed by atoms with Crippen molar-refractivity contribution in [1.29, 1.82) is 0 Å². The van der Waals surface area contributed by atoms with Gasteiger partial charge >= 0.3 is 5.97 Å². The monoisotopic (exact) mass is 698 g/mol. The van der Waals surface area contributed by atoms with Gasteiger partial charge in [-0.05, 0) is 69.9 Å². The van der Waals surface area contributed by atoms with Crippen LogP contribution in [0, 0.1) is 11.8 Å². The molecule has 1 rings (SSSR count). The smallest absolute Gasteiger partial charge is 0.326 e. The molecule has 49 heavy (non-hydrogen) atoms. The number of aliphatic hydroxyl groups excluding tert-OH is 1. The molecule has 5 amide bonds. The van der Waals surface area contributed by atoms with Crippen molar-refractivity contribution in [2.75, 3.05) is 26.2 Å². The maximum absolute atomic E-state index is 13.6. The Kier molecular flexibility index (Phi) is 19.8. The fourth-order valence-corrected chi connectivity index (χ4v) is 5.17. The van der Waals surface area contributed by atoms with Crippen molar-refractivity contribution in [2.45, 2.75) is 115 Å². The molecule has 1 aliphatic rings. The quantitative estimate of drug-likeness (QED) is 0.0291. The van der Waals surface area contributed by atoms with Gasteiger partial charge in [0.25, 0.3) is 0 Å². The van der Waals surface area contributed by atoms with E-state index in [1.54, 1.807) is 27.7 Å². The van der Waals surface area contributed by atoms with E-state index in [1.165, 1.54) is 0 Å². The number of hydrogen-bond donors (Lipinski definition) is 11. The van der Waals surface area contributed by atoms with Gasteiger partial charge in [0.1, 0.15) is 30.2 Å². The van der Waals surface area contributed by atoms with Crippen LogP contribution in [0.4, 0.5) is 0 Å². The van der Waals surface area contributed by atoms with E-state index in [4.69, 9.17) is 17.2 Å². The molecule has 7 atom stereocenters. The van der Waals surface area contributed by atoms with Crippen molar-refractivity contribution >= 4 is 41.5 Å². The Balaban J connectivity index is 3.17. The molecule has 0 saturated carbocycles. The van der Waals surface area contributed by atoms with Gasteiger partial charge in [-0.2, -0.15) is 0 Å². The highest BCUT2D eigenvalue weighted by atomic mass is 16.4. The highest BCUT2D eigenvalue weighted by Crippen LogP contribution is 2.12. The lowest BCUT2D eigenvalue weighted by molar-refractivity contribution is -0.144. The number of nitrogens with zero attached hydrogens (tertiary/aromatic N) is 1. The molecule has 1 saturated heterocycles. The average molecular weight is 699 g/mol. The van der Waals surface area contributed by atoms with Gasteiger partial charge in [-0.25, -0.2) is 4.79 Å². The third-order valence-corrected chi connectivity index (χ3v) is 8.37. The Morgan fingerprint density at radius 1 is 0.816 bits per heavy atom. The molecule has 0 aliphatic carbocycles. The summed E-state index contributed by atoms with van der Waals surface area (Å²) in [6.45, 7) is 7.15. The minimum Gasteiger partial charge on any atom is -0.480 e. The maximum atomic E-state index is 13.6. The number of rotatable bonds is 23. The summed E-state index contributed by atoms with van der Waals surface area (Å²) in [5, 5.41) is 35.6. The van der Waals surface area contributed by atoms with Crippen LogP contribution < -0.4 is 49.1 Å². The van der Waals surface area contributed by atoms with Gasteiger partial charge in [-0.15, -0.1) is 0 Å². The molecule has 1 heterocycles. The first-order chi connectivity index (χ1) is 23.2. The summed E-state index contributed by atoms with van der Waals surface area (Å²) in [7, 11) is 0. The van der Waals surface area contributed by atoms with Gasteiger partial charge in [0.2, 0.25) is 29.5 Å². The van der Waals surface area contributed by atoms with E-state index in [1.807, 2.05) is 0 Å². The first-order valence-corrected chi connectivity index (χ1v) is 17.0. The lowest BCUT2D eigenvalue weighted by Crippen LogP contribution is -2.60. The topological polar surface area (TPSA) is 305 Å². The molecule has 1 aliphatic heterocycles. The predicted octanol–water partition coefficient (Wildman–Crippen LogP) is -2.88. The lowest BCUT2D eigenvalue weighted by atomic mass is 9.96. The number of nitrogens with two attached hydrogens (primary N) is 3. The van der Waals surface area contributed by atoms with Crippen LogP contribution >= 0.6 is 0 Å². The molecule has 1 fully saturated rings. The minimum absolute atomic E-state index is 0.00516. The Hall–Kier alpha value is -4.03. The van der Waals surface area contributed by atoms with E-state index < -0.39 is 84.3 Å². The largest absolute Gasteiger partial charge is 0.480 e. The van der Waals surface area contributed by atoms with Crippen LogP contribution in [0.2, 0.25) is 0 Å². The number of nitrogens with one attached hydrogen (secondary N) is 6. The number of hydrogen-bond acceptors (Lipinski definition) is 10. The molecular weight excluding hydrogens is 640 g/mol. The van der Waals surface area contributed by atoms with Crippen LogP contribution in [-0.4, -0.2) is 114 Å². The summed E-state index contributed by atoms with van der Waals surface area (Å²) in [5.74, 6) is -5.65. The summed E-state index contributed by atoms with van der Waals surface area (Å²) < 4.78 is 0. The van der Waals surface area contributed by atoms with Gasteiger partial charge in [-0.1, -0.05) is 34.1 Å². The molecule has 0 aromatic heterocycles. The number of carboxylic acid groups (broad SMARTS) is 1. The molecule has 0 aromatic rings. The number of carbonyl (C=O) groups excluding carboxylic acids is 5. The average Bonchev–Trinajstić information content (AvgIpc) is 3.60. The van der Waals surface area contributed by atoms with Crippen molar-refractivity contribution in [1.82, 2.24) is 31.9 Å². The summed E-state index contributed by atoms with van der Waals surface area (Å²) in [5.41, 5.74) is 16.4. The molecule has 0 radical (unpaired) electrons. The normalized spacial score (nSPS) is 17.8. The van der Waals surface area contributed by atoms with E-state index in [2.05, 4.69) is 36.9 Å². The zero-order chi connectivity index (χ0) is 37.1. The summed E-state index contributed by atoms with van der Waals surface area (Å²) in [6.07, 6.45) is 3.50. The van der Waals surface area contributed by atoms with Crippen molar-refractivity contribution < 1.29 is 39.0 Å². The standard InChI is InChI=1S/C31H58N10O8/c1-5-18(4)24(29(47)40-23(17(2)3)30(48)49)41-27(45)21(12-9-15-36-31(33)34)38-28(46)22(16-42)39-26(44)20(10-6-7-13-32)37-25(43)19-11-8-14-35-19/h17-24,35,42H,5-16,32H2,1-4H3,(H,37,43)(H,38,46)(H,39,44)(H,40,47)(H,41,45)(H,48,49)(H4,33,34,36)/t18-,19-,20-,21-,22-,23-,24-/m0/s1. The fourth-order valence-electron chi connectivity index (χ4n) is 5.17. The SMILES string of the molecule is CC[C@H](C)[C@H](NC(=O)[C@H](CCCN=C(N)N)NC(=O)[C@H](CO)NC(=O)[C@H](CCCCN)NC(=O)[C@@H]1CCCN1)C(=O)N[C@H](C(=O)O)C(C)C. The molecule has 0 aromatic carbocycles. The van der Waals surface area contributed by atoms with Crippen LogP contribution in [0.3, 0.4) is 0 Å². The van der Waals surface area contributed by atoms with E-state index in [0.29, 0.717) is 38.8 Å². The summed E-state index contributed by atoms with van der Waals surface area (Å²) in [6, 6.07) is -6.54. The van der Waals surface area contributed by atoms with Crippen LogP contribution in [0.5, 0.6) is 0 Å². The number of aliphatic carboxylic acids is 1. The molecule has 14 N–H and O–H groups in total. The van der Waals surface area contributed by atoms with E-state index in [0.717, 1.165) is 6.42 Å². The molecule has 18 nitrogen and oxygen atoms in total. The second kappa shape index (κ2) is 22.6. The van der Waals surface area contributed by atoms with Crippen molar-refractivity contribution in [2.24, 2.45) is 34.0 Å². The molecule has 18 heteroatoms. The molecule has 0 spiro atoms. The number of aliphatic imine (C=N–C) groups is 1. The van der Waals surface area contributed by atoms with Crippen LogP contribution in [0.15, 0.2) is 4.99 Å². The third-order valence-electron chi connectivity index (χ3n) is 8.37. The fraction of sp³-hybridized carbons (Fsp3) is 0.774. The molecular formula is C31H58N10O8. The summed E-state index contributed by atoms with van der Waals surface area (Å²) >= 11 is 0. The number of carboxylic acids is 1. The zero-order valence-electron chi connectivity index (χ0n) is 29.1. The van der Waals surface area contributed by atoms with Gasteiger partial charge in [0, 0.05) is 6.54 Å². The Labute approximate surface area is 287 Å². The Bertz CT molecular complexity index is 1130. The van der Waals surface area contributed by atoms with Crippen molar-refractivity contribution in [3.05, 3.63) is 0 Å².